The molecule has 2 atom stereocenters. The summed E-state index contributed by atoms with van der Waals surface area (Å²) in [6.45, 7) is 5.79. The zero-order valence-corrected chi connectivity index (χ0v) is 10.8. The molecule has 0 aromatic rings. The number of nitrogens with one attached hydrogen (secondary N) is 1. The average Bonchev–Trinajstić information content (AvgIpc) is 2.29. The van der Waals surface area contributed by atoms with Crippen molar-refractivity contribution < 1.29 is 0 Å². The van der Waals surface area contributed by atoms with Crippen LogP contribution in [0, 0.1) is 23.2 Å². The van der Waals surface area contributed by atoms with E-state index in [-0.39, 0.29) is 0 Å². The summed E-state index contributed by atoms with van der Waals surface area (Å²) in [4.78, 5) is 0. The van der Waals surface area contributed by atoms with Gasteiger partial charge >= 0.3 is 0 Å². The number of hydrogen-bond acceptors (Lipinski definition) is 2. The van der Waals surface area contributed by atoms with Gasteiger partial charge in [-0.15, -0.1) is 0 Å². The van der Waals surface area contributed by atoms with Crippen molar-refractivity contribution in [1.82, 2.24) is 5.32 Å². The Morgan fingerprint density at radius 1 is 1.25 bits per heavy atom. The highest BCUT2D eigenvalue weighted by Gasteiger charge is 2.26. The fourth-order valence-electron chi connectivity index (χ4n) is 2.83. The maximum Gasteiger partial charge on any atom is 0.0621 e. The second kappa shape index (κ2) is 7.68. The zero-order valence-electron chi connectivity index (χ0n) is 10.8. The number of nitriles is 1. The Kier molecular flexibility index (Phi) is 6.49. The molecule has 2 unspecified atom stereocenters. The molecule has 1 saturated carbocycles. The van der Waals surface area contributed by atoms with Gasteiger partial charge < -0.3 is 5.32 Å². The van der Waals surface area contributed by atoms with Crippen molar-refractivity contribution in [3.05, 3.63) is 0 Å². The normalized spacial score (nSPS) is 25.6. The highest BCUT2D eigenvalue weighted by Crippen LogP contribution is 2.30. The highest BCUT2D eigenvalue weighted by atomic mass is 14.9. The Hall–Kier alpha value is -0.550. The third kappa shape index (κ3) is 4.53. The molecule has 0 saturated heterocycles. The van der Waals surface area contributed by atoms with E-state index >= 15 is 0 Å². The van der Waals surface area contributed by atoms with E-state index in [0.717, 1.165) is 37.3 Å². The highest BCUT2D eigenvalue weighted by molar-refractivity contribution is 4.82. The summed E-state index contributed by atoms with van der Waals surface area (Å²) in [5.41, 5.74) is 0. The fourth-order valence-corrected chi connectivity index (χ4v) is 2.83. The van der Waals surface area contributed by atoms with E-state index in [0.29, 0.717) is 6.42 Å². The molecule has 0 aromatic heterocycles. The number of unbranched alkanes of at least 4 members (excludes halogenated alkanes) is 2. The van der Waals surface area contributed by atoms with Gasteiger partial charge in [0.2, 0.25) is 0 Å². The SMILES string of the molecule is CC(C)C1CCCCC1NCCCCC#N. The van der Waals surface area contributed by atoms with Crippen LogP contribution in [0.4, 0.5) is 0 Å². The summed E-state index contributed by atoms with van der Waals surface area (Å²) in [5.74, 6) is 1.67. The van der Waals surface area contributed by atoms with Gasteiger partial charge in [0.1, 0.15) is 0 Å². The van der Waals surface area contributed by atoms with Crippen molar-refractivity contribution >= 4 is 0 Å². The number of hydrogen-bond donors (Lipinski definition) is 1. The van der Waals surface area contributed by atoms with E-state index in [2.05, 4.69) is 25.2 Å². The Bertz CT molecular complexity index is 217. The first-order valence-electron chi connectivity index (χ1n) is 6.86. The fraction of sp³-hybridized carbons (Fsp3) is 0.929. The van der Waals surface area contributed by atoms with E-state index in [4.69, 9.17) is 5.26 Å². The van der Waals surface area contributed by atoms with E-state index in [1.807, 2.05) is 0 Å². The van der Waals surface area contributed by atoms with Crippen LogP contribution < -0.4 is 5.32 Å². The second-order valence-corrected chi connectivity index (χ2v) is 5.37. The third-order valence-corrected chi connectivity index (χ3v) is 3.80. The van der Waals surface area contributed by atoms with Gasteiger partial charge in [-0.2, -0.15) is 5.26 Å². The molecule has 1 rings (SSSR count). The van der Waals surface area contributed by atoms with Crippen molar-refractivity contribution in [2.75, 3.05) is 6.54 Å². The Morgan fingerprint density at radius 3 is 2.69 bits per heavy atom. The van der Waals surface area contributed by atoms with Crippen LogP contribution in [0.2, 0.25) is 0 Å². The van der Waals surface area contributed by atoms with Crippen molar-refractivity contribution in [1.29, 1.82) is 5.26 Å². The van der Waals surface area contributed by atoms with Crippen LogP contribution in [0.5, 0.6) is 0 Å². The van der Waals surface area contributed by atoms with Crippen LogP contribution in [-0.4, -0.2) is 12.6 Å². The predicted octanol–water partition coefficient (Wildman–Crippen LogP) is 3.48. The van der Waals surface area contributed by atoms with Crippen LogP contribution >= 0.6 is 0 Å². The first kappa shape index (κ1) is 13.5. The summed E-state index contributed by atoms with van der Waals surface area (Å²) >= 11 is 0. The van der Waals surface area contributed by atoms with Crippen LogP contribution in [-0.2, 0) is 0 Å². The summed E-state index contributed by atoms with van der Waals surface area (Å²) < 4.78 is 0. The molecule has 92 valence electrons. The first-order chi connectivity index (χ1) is 7.75. The molecule has 2 heteroatoms. The summed E-state index contributed by atoms with van der Waals surface area (Å²) in [7, 11) is 0. The summed E-state index contributed by atoms with van der Waals surface area (Å²) in [6, 6.07) is 2.94. The molecule has 0 heterocycles. The second-order valence-electron chi connectivity index (χ2n) is 5.37. The summed E-state index contributed by atoms with van der Waals surface area (Å²) in [5, 5.41) is 12.2. The maximum absolute atomic E-state index is 8.46. The molecule has 1 fully saturated rings. The van der Waals surface area contributed by atoms with Crippen molar-refractivity contribution in [2.24, 2.45) is 11.8 Å². The number of rotatable bonds is 6. The van der Waals surface area contributed by atoms with Gasteiger partial charge in [0, 0.05) is 12.5 Å². The molecule has 2 nitrogen and oxygen atoms in total. The molecule has 0 amide bonds. The maximum atomic E-state index is 8.46. The molecule has 0 radical (unpaired) electrons. The molecular weight excluding hydrogens is 196 g/mol. The minimum atomic E-state index is 0.708. The minimum absolute atomic E-state index is 0.708. The summed E-state index contributed by atoms with van der Waals surface area (Å²) in [6.07, 6.45) is 8.45. The molecule has 1 aliphatic rings. The number of nitrogens with zero attached hydrogens (tertiary/aromatic N) is 1. The van der Waals surface area contributed by atoms with Gasteiger partial charge in [0.25, 0.3) is 0 Å². The lowest BCUT2D eigenvalue weighted by Gasteiger charge is -2.35. The lowest BCUT2D eigenvalue weighted by Crippen LogP contribution is -2.41. The molecule has 1 N–H and O–H groups in total. The molecule has 0 aliphatic heterocycles. The van der Waals surface area contributed by atoms with Crippen LogP contribution in [0.3, 0.4) is 0 Å². The van der Waals surface area contributed by atoms with Gasteiger partial charge in [-0.05, 0) is 44.1 Å². The van der Waals surface area contributed by atoms with Crippen LogP contribution in [0.25, 0.3) is 0 Å². The Morgan fingerprint density at radius 2 is 2.00 bits per heavy atom. The molecular formula is C14H26N2. The van der Waals surface area contributed by atoms with Crippen molar-refractivity contribution in [3.8, 4) is 6.07 Å². The Balaban J connectivity index is 2.20. The predicted molar refractivity (Wildman–Crippen MR) is 68.1 cm³/mol. The van der Waals surface area contributed by atoms with Gasteiger partial charge in [0.05, 0.1) is 6.07 Å². The zero-order chi connectivity index (χ0) is 11.8. The standard InChI is InChI=1S/C14H26N2/c1-12(2)13-8-4-5-9-14(13)16-11-7-3-6-10-15/h12-14,16H,3-9,11H2,1-2H3. The molecule has 0 bridgehead atoms. The third-order valence-electron chi connectivity index (χ3n) is 3.80. The van der Waals surface area contributed by atoms with Gasteiger partial charge in [-0.3, -0.25) is 0 Å². The van der Waals surface area contributed by atoms with Crippen molar-refractivity contribution in [2.45, 2.75) is 64.8 Å². The lowest BCUT2D eigenvalue weighted by molar-refractivity contribution is 0.205. The van der Waals surface area contributed by atoms with Gasteiger partial charge in [0.15, 0.2) is 0 Å². The van der Waals surface area contributed by atoms with Gasteiger partial charge in [-0.1, -0.05) is 26.7 Å². The van der Waals surface area contributed by atoms with Crippen molar-refractivity contribution in [3.63, 3.8) is 0 Å². The molecule has 0 aromatic carbocycles. The van der Waals surface area contributed by atoms with E-state index in [1.165, 1.54) is 25.7 Å². The minimum Gasteiger partial charge on any atom is -0.314 e. The monoisotopic (exact) mass is 222 g/mol. The molecule has 1 aliphatic carbocycles. The molecule has 0 spiro atoms. The van der Waals surface area contributed by atoms with Gasteiger partial charge in [-0.25, -0.2) is 0 Å². The van der Waals surface area contributed by atoms with Crippen LogP contribution in [0.1, 0.15) is 58.8 Å². The Labute approximate surface area is 100 Å². The van der Waals surface area contributed by atoms with Crippen LogP contribution in [0.15, 0.2) is 0 Å². The largest absolute Gasteiger partial charge is 0.314 e. The first-order valence-corrected chi connectivity index (χ1v) is 6.86. The lowest BCUT2D eigenvalue weighted by atomic mass is 9.78. The van der Waals surface area contributed by atoms with E-state index < -0.39 is 0 Å². The topological polar surface area (TPSA) is 35.8 Å². The smallest absolute Gasteiger partial charge is 0.0621 e. The van der Waals surface area contributed by atoms with E-state index in [9.17, 15) is 0 Å². The average molecular weight is 222 g/mol. The quantitative estimate of drug-likeness (QED) is 0.698. The van der Waals surface area contributed by atoms with E-state index in [1.54, 1.807) is 0 Å². The molecule has 16 heavy (non-hydrogen) atoms.